The predicted molar refractivity (Wildman–Crippen MR) is 83.5 cm³/mol. The average molecular weight is 277 g/mol. The minimum absolute atomic E-state index is 0.358. The van der Waals surface area contributed by atoms with E-state index in [9.17, 15) is 5.26 Å². The monoisotopic (exact) mass is 277 g/mol. The minimum atomic E-state index is -0.358. The van der Waals surface area contributed by atoms with Crippen molar-refractivity contribution in [2.75, 3.05) is 6.54 Å². The highest BCUT2D eigenvalue weighted by molar-refractivity contribution is 5.08. The normalized spacial score (nSPS) is 25.1. The first-order valence-corrected chi connectivity index (χ1v) is 8.52. The van der Waals surface area contributed by atoms with Crippen molar-refractivity contribution in [3.05, 3.63) is 0 Å². The molecule has 114 valence electrons. The van der Waals surface area contributed by atoms with Gasteiger partial charge in [0.05, 0.1) is 6.07 Å². The van der Waals surface area contributed by atoms with Crippen LogP contribution in [0.2, 0.25) is 0 Å². The summed E-state index contributed by atoms with van der Waals surface area (Å²) >= 11 is 0. The van der Waals surface area contributed by atoms with Crippen molar-refractivity contribution in [1.29, 1.82) is 5.26 Å². The maximum absolute atomic E-state index is 9.54. The topological polar surface area (TPSA) is 39.1 Å². The molecule has 0 aromatic rings. The summed E-state index contributed by atoms with van der Waals surface area (Å²) < 4.78 is 0. The zero-order chi connectivity index (χ0) is 14.6. The summed E-state index contributed by atoms with van der Waals surface area (Å²) in [5.41, 5.74) is -0.358. The molecule has 3 heteroatoms. The zero-order valence-electron chi connectivity index (χ0n) is 13.5. The van der Waals surface area contributed by atoms with Gasteiger partial charge in [0.2, 0.25) is 0 Å². The van der Waals surface area contributed by atoms with Gasteiger partial charge in [-0.3, -0.25) is 10.2 Å². The lowest BCUT2D eigenvalue weighted by Crippen LogP contribution is -2.50. The van der Waals surface area contributed by atoms with Gasteiger partial charge < -0.3 is 0 Å². The third-order valence-corrected chi connectivity index (χ3v) is 5.03. The first-order chi connectivity index (χ1) is 9.58. The van der Waals surface area contributed by atoms with E-state index in [1.165, 1.54) is 44.9 Å². The molecule has 0 amide bonds. The van der Waals surface area contributed by atoms with E-state index >= 15 is 0 Å². The van der Waals surface area contributed by atoms with Gasteiger partial charge in [-0.15, -0.1) is 0 Å². The summed E-state index contributed by atoms with van der Waals surface area (Å²) in [6.45, 7) is 7.76. The molecule has 0 aromatic heterocycles. The highest BCUT2D eigenvalue weighted by atomic mass is 15.2. The molecular formula is C17H31N3. The second kappa shape index (κ2) is 6.91. The zero-order valence-corrected chi connectivity index (χ0v) is 13.5. The van der Waals surface area contributed by atoms with Gasteiger partial charge in [0.1, 0.15) is 5.54 Å². The van der Waals surface area contributed by atoms with Gasteiger partial charge in [0.25, 0.3) is 0 Å². The SMILES string of the molecule is CCN(C(C)CC(C)(C#N)NC1CC1)C1CCCCC1. The van der Waals surface area contributed by atoms with Gasteiger partial charge in [-0.05, 0) is 52.5 Å². The molecule has 2 aliphatic carbocycles. The maximum atomic E-state index is 9.54. The number of nitriles is 1. The highest BCUT2D eigenvalue weighted by Crippen LogP contribution is 2.28. The number of nitrogens with one attached hydrogen (secondary N) is 1. The smallest absolute Gasteiger partial charge is 0.105 e. The van der Waals surface area contributed by atoms with E-state index in [1.807, 2.05) is 0 Å². The molecular weight excluding hydrogens is 246 g/mol. The Bertz CT molecular complexity index is 339. The Morgan fingerprint density at radius 3 is 2.40 bits per heavy atom. The Morgan fingerprint density at radius 1 is 1.25 bits per heavy atom. The molecule has 0 saturated heterocycles. The maximum Gasteiger partial charge on any atom is 0.105 e. The Labute approximate surface area is 124 Å². The molecule has 3 nitrogen and oxygen atoms in total. The average Bonchev–Trinajstić information content (AvgIpc) is 3.24. The predicted octanol–water partition coefficient (Wildman–Crippen LogP) is 3.45. The third-order valence-electron chi connectivity index (χ3n) is 5.03. The minimum Gasteiger partial charge on any atom is -0.298 e. The van der Waals surface area contributed by atoms with Gasteiger partial charge >= 0.3 is 0 Å². The molecule has 2 saturated carbocycles. The van der Waals surface area contributed by atoms with E-state index in [0.29, 0.717) is 12.1 Å². The number of nitrogens with zero attached hydrogens (tertiary/aromatic N) is 2. The van der Waals surface area contributed by atoms with Crippen molar-refractivity contribution in [1.82, 2.24) is 10.2 Å². The van der Waals surface area contributed by atoms with Crippen LogP contribution in [0.3, 0.4) is 0 Å². The molecule has 2 atom stereocenters. The van der Waals surface area contributed by atoms with Crippen LogP contribution < -0.4 is 5.32 Å². The Hall–Kier alpha value is -0.590. The van der Waals surface area contributed by atoms with Crippen molar-refractivity contribution >= 4 is 0 Å². The molecule has 2 rings (SSSR count). The highest BCUT2D eigenvalue weighted by Gasteiger charge is 2.35. The molecule has 20 heavy (non-hydrogen) atoms. The molecule has 2 fully saturated rings. The molecule has 2 unspecified atom stereocenters. The summed E-state index contributed by atoms with van der Waals surface area (Å²) in [5.74, 6) is 0. The molecule has 0 heterocycles. The molecule has 0 aromatic carbocycles. The fraction of sp³-hybridized carbons (Fsp3) is 0.941. The van der Waals surface area contributed by atoms with Crippen molar-refractivity contribution in [3.8, 4) is 6.07 Å². The van der Waals surface area contributed by atoms with Crippen molar-refractivity contribution in [2.45, 2.75) is 95.8 Å². The summed E-state index contributed by atoms with van der Waals surface area (Å²) in [6, 6.07) is 4.35. The molecule has 1 N–H and O–H groups in total. The van der Waals surface area contributed by atoms with Crippen LogP contribution in [0.25, 0.3) is 0 Å². The molecule has 0 aliphatic heterocycles. The van der Waals surface area contributed by atoms with Crippen molar-refractivity contribution < 1.29 is 0 Å². The summed E-state index contributed by atoms with van der Waals surface area (Å²) in [4.78, 5) is 2.64. The lowest BCUT2D eigenvalue weighted by molar-refractivity contribution is 0.102. The Kier molecular flexibility index (Phi) is 5.46. The van der Waals surface area contributed by atoms with Crippen molar-refractivity contribution in [2.24, 2.45) is 0 Å². The first-order valence-electron chi connectivity index (χ1n) is 8.52. The quantitative estimate of drug-likeness (QED) is 0.774. The summed E-state index contributed by atoms with van der Waals surface area (Å²) in [7, 11) is 0. The van der Waals surface area contributed by atoms with Crippen LogP contribution in [0.5, 0.6) is 0 Å². The lowest BCUT2D eigenvalue weighted by Gasteiger charge is -2.40. The van der Waals surface area contributed by atoms with Crippen LogP contribution in [0.1, 0.15) is 72.1 Å². The van der Waals surface area contributed by atoms with Crippen LogP contribution in [-0.4, -0.2) is 35.1 Å². The fourth-order valence-corrected chi connectivity index (χ4v) is 3.87. The lowest BCUT2D eigenvalue weighted by atomic mass is 9.89. The largest absolute Gasteiger partial charge is 0.298 e. The number of rotatable bonds is 7. The Morgan fingerprint density at radius 2 is 1.90 bits per heavy atom. The first kappa shape index (κ1) is 15.8. The van der Waals surface area contributed by atoms with Crippen molar-refractivity contribution in [3.63, 3.8) is 0 Å². The van der Waals surface area contributed by atoms with Gasteiger partial charge in [-0.25, -0.2) is 0 Å². The number of hydrogen-bond acceptors (Lipinski definition) is 3. The van der Waals surface area contributed by atoms with E-state index in [1.54, 1.807) is 0 Å². The second-order valence-electron chi connectivity index (χ2n) is 7.04. The molecule has 0 spiro atoms. The van der Waals surface area contributed by atoms with Crippen LogP contribution in [-0.2, 0) is 0 Å². The Balaban J connectivity index is 1.92. The van der Waals surface area contributed by atoms with E-state index < -0.39 is 0 Å². The number of hydrogen-bond donors (Lipinski definition) is 1. The second-order valence-corrected chi connectivity index (χ2v) is 7.04. The van der Waals surface area contributed by atoms with Gasteiger partial charge in [-0.1, -0.05) is 26.2 Å². The van der Waals surface area contributed by atoms with Gasteiger partial charge in [0.15, 0.2) is 0 Å². The molecule has 2 aliphatic rings. The molecule has 0 bridgehead atoms. The van der Waals surface area contributed by atoms with Gasteiger partial charge in [-0.2, -0.15) is 5.26 Å². The van der Waals surface area contributed by atoms with Crippen LogP contribution in [0.15, 0.2) is 0 Å². The van der Waals surface area contributed by atoms with Crippen LogP contribution >= 0.6 is 0 Å². The molecule has 0 radical (unpaired) electrons. The van der Waals surface area contributed by atoms with E-state index in [0.717, 1.165) is 19.0 Å². The third kappa shape index (κ3) is 4.20. The van der Waals surface area contributed by atoms with Gasteiger partial charge in [0, 0.05) is 18.1 Å². The standard InChI is InChI=1S/C17H31N3/c1-4-20(16-8-6-5-7-9-16)14(2)12-17(3,13-18)19-15-10-11-15/h14-16,19H,4-12H2,1-3H3. The van der Waals surface area contributed by atoms with E-state index in [2.05, 4.69) is 37.1 Å². The summed E-state index contributed by atoms with van der Waals surface area (Å²) in [6.07, 6.45) is 10.3. The van der Waals surface area contributed by atoms with Crippen LogP contribution in [0, 0.1) is 11.3 Å². The van der Waals surface area contributed by atoms with Crippen LogP contribution in [0.4, 0.5) is 0 Å². The van der Waals surface area contributed by atoms with E-state index in [-0.39, 0.29) is 5.54 Å². The fourth-order valence-electron chi connectivity index (χ4n) is 3.87. The summed E-state index contributed by atoms with van der Waals surface area (Å²) in [5, 5.41) is 13.1. The van der Waals surface area contributed by atoms with E-state index in [4.69, 9.17) is 0 Å².